The molecule has 7 heteroatoms. The van der Waals surface area contributed by atoms with E-state index in [2.05, 4.69) is 5.32 Å². The molecule has 1 rings (SSSR count). The fraction of sp³-hybridized carbons (Fsp3) is 0.308. The molecule has 1 aromatic rings. The number of urea groups is 1. The van der Waals surface area contributed by atoms with Crippen molar-refractivity contribution in [1.82, 2.24) is 10.6 Å². The lowest BCUT2D eigenvalue weighted by atomic mass is 10.1. The van der Waals surface area contributed by atoms with E-state index in [1.54, 1.807) is 26.8 Å². The van der Waals surface area contributed by atoms with Crippen molar-refractivity contribution in [3.63, 3.8) is 0 Å². The van der Waals surface area contributed by atoms with Crippen LogP contribution in [0.4, 0.5) is 4.79 Å². The van der Waals surface area contributed by atoms with Crippen LogP contribution in [0.3, 0.4) is 0 Å². The van der Waals surface area contributed by atoms with Gasteiger partial charge < -0.3 is 14.8 Å². The molecular weight excluding hydrogens is 264 g/mol. The molecule has 7 nitrogen and oxygen atoms in total. The summed E-state index contributed by atoms with van der Waals surface area (Å²) >= 11 is 0. The highest BCUT2D eigenvalue weighted by molar-refractivity contribution is 6.02. The highest BCUT2D eigenvalue weighted by Crippen LogP contribution is 2.20. The summed E-state index contributed by atoms with van der Waals surface area (Å²) in [6.45, 7) is 5.32. The molecule has 108 valence electrons. The second-order valence-electron chi connectivity index (χ2n) is 4.22. The number of hydrogen-bond donors (Lipinski definition) is 3. The maximum absolute atomic E-state index is 11.5. The van der Waals surface area contributed by atoms with Crippen LogP contribution in [-0.2, 0) is 9.59 Å². The van der Waals surface area contributed by atoms with Gasteiger partial charge in [-0.1, -0.05) is 0 Å². The van der Waals surface area contributed by atoms with Crippen LogP contribution in [0.15, 0.2) is 22.6 Å². The van der Waals surface area contributed by atoms with Crippen molar-refractivity contribution in [1.29, 1.82) is 0 Å². The number of aliphatic carboxylic acids is 1. The molecule has 0 fully saturated rings. The smallest absolute Gasteiger partial charge is 0.328 e. The number of furan rings is 1. The average Bonchev–Trinajstić information content (AvgIpc) is 2.65. The third kappa shape index (κ3) is 4.60. The molecule has 0 saturated heterocycles. The fourth-order valence-electron chi connectivity index (χ4n) is 1.69. The van der Waals surface area contributed by atoms with Crippen molar-refractivity contribution >= 4 is 17.9 Å². The quantitative estimate of drug-likeness (QED) is 0.723. The maximum Gasteiger partial charge on any atom is 0.328 e. The van der Waals surface area contributed by atoms with Gasteiger partial charge in [0.15, 0.2) is 0 Å². The second kappa shape index (κ2) is 6.55. The van der Waals surface area contributed by atoms with Crippen LogP contribution in [0.1, 0.15) is 30.0 Å². The monoisotopic (exact) mass is 280 g/mol. The number of imide groups is 1. The van der Waals surface area contributed by atoms with Gasteiger partial charge >= 0.3 is 12.0 Å². The van der Waals surface area contributed by atoms with Crippen molar-refractivity contribution in [2.45, 2.75) is 26.8 Å². The lowest BCUT2D eigenvalue weighted by Crippen LogP contribution is -2.39. The van der Waals surface area contributed by atoms with Crippen molar-refractivity contribution in [2.24, 2.45) is 0 Å². The molecule has 1 aromatic heterocycles. The van der Waals surface area contributed by atoms with Crippen LogP contribution in [0.2, 0.25) is 0 Å². The van der Waals surface area contributed by atoms with Crippen LogP contribution in [0.25, 0.3) is 0 Å². The predicted molar refractivity (Wildman–Crippen MR) is 70.0 cm³/mol. The first-order chi connectivity index (χ1) is 9.29. The molecule has 0 radical (unpaired) electrons. The molecule has 20 heavy (non-hydrogen) atoms. The third-order valence-electron chi connectivity index (χ3n) is 2.51. The van der Waals surface area contributed by atoms with Gasteiger partial charge in [0.25, 0.3) is 5.91 Å². The normalized spacial score (nSPS) is 12.2. The van der Waals surface area contributed by atoms with Crippen LogP contribution in [-0.4, -0.2) is 23.0 Å². The van der Waals surface area contributed by atoms with Crippen LogP contribution >= 0.6 is 0 Å². The first-order valence-electron chi connectivity index (χ1n) is 5.89. The highest BCUT2D eigenvalue weighted by Gasteiger charge is 2.15. The largest absolute Gasteiger partial charge is 0.478 e. The Bertz CT molecular complexity index is 559. The van der Waals surface area contributed by atoms with E-state index >= 15 is 0 Å². The molecule has 1 atom stereocenters. The Balaban J connectivity index is 2.56. The van der Waals surface area contributed by atoms with Gasteiger partial charge in [0.2, 0.25) is 0 Å². The van der Waals surface area contributed by atoms with E-state index in [4.69, 9.17) is 9.52 Å². The third-order valence-corrected chi connectivity index (χ3v) is 2.51. The topological polar surface area (TPSA) is 109 Å². The maximum atomic E-state index is 11.5. The lowest BCUT2D eigenvalue weighted by molar-refractivity contribution is -0.131. The summed E-state index contributed by atoms with van der Waals surface area (Å²) in [5.41, 5.74) is 0.811. The van der Waals surface area contributed by atoms with Crippen LogP contribution < -0.4 is 10.6 Å². The fourth-order valence-corrected chi connectivity index (χ4v) is 1.69. The molecule has 1 unspecified atom stereocenters. The van der Waals surface area contributed by atoms with E-state index in [0.29, 0.717) is 11.8 Å². The van der Waals surface area contributed by atoms with Gasteiger partial charge in [0.05, 0.1) is 6.04 Å². The lowest BCUT2D eigenvalue weighted by Gasteiger charge is -2.12. The Morgan fingerprint density at radius 2 is 1.95 bits per heavy atom. The molecule has 0 aliphatic rings. The SMILES string of the molecule is Cc1cc(C(C)NC(=O)NC(=O)C=CC(=O)O)c(C)o1. The number of aryl methyl sites for hydroxylation is 2. The summed E-state index contributed by atoms with van der Waals surface area (Å²) < 4.78 is 5.35. The molecule has 3 N–H and O–H groups in total. The molecule has 0 saturated carbocycles. The number of carboxylic acid groups (broad SMARTS) is 1. The molecule has 0 spiro atoms. The Morgan fingerprint density at radius 1 is 1.30 bits per heavy atom. The Hall–Kier alpha value is -2.57. The predicted octanol–water partition coefficient (Wildman–Crippen LogP) is 1.42. The van der Waals surface area contributed by atoms with Gasteiger partial charge in [-0.3, -0.25) is 10.1 Å². The zero-order valence-electron chi connectivity index (χ0n) is 11.4. The first-order valence-corrected chi connectivity index (χ1v) is 5.89. The summed E-state index contributed by atoms with van der Waals surface area (Å²) in [4.78, 5) is 33.0. The van der Waals surface area contributed by atoms with Gasteiger partial charge in [0.1, 0.15) is 11.5 Å². The number of carbonyl (C=O) groups is 3. The summed E-state index contributed by atoms with van der Waals surface area (Å²) in [5.74, 6) is -0.657. The minimum absolute atomic E-state index is 0.344. The van der Waals surface area contributed by atoms with E-state index < -0.39 is 17.9 Å². The summed E-state index contributed by atoms with van der Waals surface area (Å²) in [7, 11) is 0. The molecule has 3 amide bonds. The van der Waals surface area contributed by atoms with Gasteiger partial charge in [-0.15, -0.1) is 0 Å². The summed E-state index contributed by atoms with van der Waals surface area (Å²) in [6.07, 6.45) is 1.41. The Labute approximate surface area is 115 Å². The Morgan fingerprint density at radius 3 is 2.45 bits per heavy atom. The molecule has 0 aromatic carbocycles. The van der Waals surface area contributed by atoms with E-state index in [1.165, 1.54) is 0 Å². The second-order valence-corrected chi connectivity index (χ2v) is 4.22. The standard InChI is InChI=1S/C13H16N2O5/c1-7-6-10(9(3)20-7)8(2)14-13(19)15-11(16)4-5-12(17)18/h4-6,8H,1-3H3,(H,17,18)(H2,14,15,16,19). The van der Waals surface area contributed by atoms with Crippen molar-refractivity contribution in [2.75, 3.05) is 0 Å². The van der Waals surface area contributed by atoms with Crippen LogP contribution in [0.5, 0.6) is 0 Å². The van der Waals surface area contributed by atoms with E-state index in [0.717, 1.165) is 17.4 Å². The zero-order valence-corrected chi connectivity index (χ0v) is 11.4. The number of rotatable bonds is 4. The zero-order chi connectivity index (χ0) is 15.3. The van der Waals surface area contributed by atoms with Crippen molar-refractivity contribution in [3.05, 3.63) is 35.3 Å². The van der Waals surface area contributed by atoms with Crippen LogP contribution in [0, 0.1) is 13.8 Å². The van der Waals surface area contributed by atoms with Gasteiger partial charge in [-0.25, -0.2) is 9.59 Å². The number of nitrogens with one attached hydrogen (secondary N) is 2. The number of hydrogen-bond acceptors (Lipinski definition) is 4. The van der Waals surface area contributed by atoms with Gasteiger partial charge in [-0.2, -0.15) is 0 Å². The average molecular weight is 280 g/mol. The number of amides is 3. The van der Waals surface area contributed by atoms with E-state index in [-0.39, 0.29) is 6.04 Å². The summed E-state index contributed by atoms with van der Waals surface area (Å²) in [6, 6.07) is 0.742. The first kappa shape index (κ1) is 15.5. The summed E-state index contributed by atoms with van der Waals surface area (Å²) in [5, 5.41) is 12.9. The highest BCUT2D eigenvalue weighted by atomic mass is 16.4. The minimum Gasteiger partial charge on any atom is -0.478 e. The van der Waals surface area contributed by atoms with Gasteiger partial charge in [-0.05, 0) is 26.8 Å². The minimum atomic E-state index is -1.27. The number of carboxylic acids is 1. The van der Waals surface area contributed by atoms with Gasteiger partial charge in [0, 0.05) is 17.7 Å². The molecule has 0 aliphatic carbocycles. The molecule has 0 bridgehead atoms. The van der Waals surface area contributed by atoms with E-state index in [1.807, 2.05) is 5.32 Å². The number of carbonyl (C=O) groups excluding carboxylic acids is 2. The molecule has 0 aliphatic heterocycles. The van der Waals surface area contributed by atoms with Crippen molar-refractivity contribution in [3.8, 4) is 0 Å². The Kier molecular flexibility index (Phi) is 5.08. The molecular formula is C13H16N2O5. The molecule has 1 heterocycles. The van der Waals surface area contributed by atoms with E-state index in [9.17, 15) is 14.4 Å². The van der Waals surface area contributed by atoms with Crippen molar-refractivity contribution < 1.29 is 23.9 Å².